The molecule has 0 spiro atoms. The minimum absolute atomic E-state index is 0.375. The lowest BCUT2D eigenvalue weighted by molar-refractivity contribution is 0.159. The number of benzene rings is 1. The van der Waals surface area contributed by atoms with Crippen molar-refractivity contribution in [3.05, 3.63) is 35.4 Å². The molecule has 1 aromatic rings. The molecule has 0 aromatic heterocycles. The van der Waals surface area contributed by atoms with Gasteiger partial charge >= 0.3 is 0 Å². The van der Waals surface area contributed by atoms with Gasteiger partial charge < -0.3 is 10.1 Å². The predicted octanol–water partition coefficient (Wildman–Crippen LogP) is 3.07. The van der Waals surface area contributed by atoms with E-state index in [0.29, 0.717) is 12.1 Å². The average molecular weight is 221 g/mol. The lowest BCUT2D eigenvalue weighted by Crippen LogP contribution is -2.34. The van der Waals surface area contributed by atoms with Crippen LogP contribution in [0.5, 0.6) is 0 Å². The summed E-state index contributed by atoms with van der Waals surface area (Å²) in [6.45, 7) is 7.28. The minimum atomic E-state index is 0.375. The van der Waals surface area contributed by atoms with E-state index in [2.05, 4.69) is 50.4 Å². The van der Waals surface area contributed by atoms with Crippen LogP contribution in [-0.2, 0) is 4.74 Å². The second-order valence-corrected chi connectivity index (χ2v) is 4.36. The highest BCUT2D eigenvalue weighted by molar-refractivity contribution is 5.24. The van der Waals surface area contributed by atoms with Crippen molar-refractivity contribution in [2.45, 2.75) is 39.3 Å². The first-order chi connectivity index (χ1) is 7.67. The molecule has 0 fully saturated rings. The molecule has 2 atom stereocenters. The Bertz CT molecular complexity index is 311. The maximum Gasteiger partial charge on any atom is 0.0615 e. The highest BCUT2D eigenvalue weighted by atomic mass is 16.5. The van der Waals surface area contributed by atoms with Crippen LogP contribution >= 0.6 is 0 Å². The summed E-state index contributed by atoms with van der Waals surface area (Å²) in [5.74, 6) is 0. The zero-order valence-electron chi connectivity index (χ0n) is 10.8. The van der Waals surface area contributed by atoms with Crippen LogP contribution in [-0.4, -0.2) is 19.8 Å². The van der Waals surface area contributed by atoms with E-state index in [1.54, 1.807) is 7.11 Å². The van der Waals surface area contributed by atoms with Gasteiger partial charge in [-0.15, -0.1) is 0 Å². The van der Waals surface area contributed by atoms with Crippen LogP contribution in [0, 0.1) is 6.92 Å². The van der Waals surface area contributed by atoms with Gasteiger partial charge in [0, 0.05) is 19.2 Å². The Hall–Kier alpha value is -0.860. The molecule has 2 nitrogen and oxygen atoms in total. The Morgan fingerprint density at radius 3 is 2.69 bits per heavy atom. The highest BCUT2D eigenvalue weighted by Crippen LogP contribution is 2.15. The third-order valence-corrected chi connectivity index (χ3v) is 2.89. The number of hydrogen-bond donors (Lipinski definition) is 1. The van der Waals surface area contributed by atoms with Crippen molar-refractivity contribution < 1.29 is 4.74 Å². The van der Waals surface area contributed by atoms with E-state index in [4.69, 9.17) is 4.74 Å². The van der Waals surface area contributed by atoms with Crippen molar-refractivity contribution in [1.29, 1.82) is 0 Å². The molecule has 2 heteroatoms. The molecule has 0 saturated heterocycles. The summed E-state index contributed by atoms with van der Waals surface area (Å²) in [6.07, 6.45) is 1.09. The molecule has 0 aliphatic heterocycles. The van der Waals surface area contributed by atoms with Gasteiger partial charge in [0.1, 0.15) is 0 Å². The predicted molar refractivity (Wildman–Crippen MR) is 68.7 cm³/mol. The fourth-order valence-corrected chi connectivity index (χ4v) is 1.87. The van der Waals surface area contributed by atoms with E-state index in [9.17, 15) is 0 Å². The molecule has 1 N–H and O–H groups in total. The van der Waals surface area contributed by atoms with E-state index in [0.717, 1.165) is 13.0 Å². The zero-order valence-corrected chi connectivity index (χ0v) is 10.8. The van der Waals surface area contributed by atoms with Gasteiger partial charge in [0.15, 0.2) is 0 Å². The lowest BCUT2D eigenvalue weighted by Gasteiger charge is -2.22. The first-order valence-electron chi connectivity index (χ1n) is 5.99. The minimum Gasteiger partial charge on any atom is -0.383 e. The van der Waals surface area contributed by atoms with Crippen molar-refractivity contribution in [3.63, 3.8) is 0 Å². The third kappa shape index (κ3) is 3.95. The first-order valence-corrected chi connectivity index (χ1v) is 5.99. The van der Waals surface area contributed by atoms with Gasteiger partial charge in [0.05, 0.1) is 6.61 Å². The van der Waals surface area contributed by atoms with Crippen LogP contribution in [0.15, 0.2) is 24.3 Å². The van der Waals surface area contributed by atoms with Crippen LogP contribution < -0.4 is 5.32 Å². The Morgan fingerprint density at radius 2 is 2.12 bits per heavy atom. The average Bonchev–Trinajstić information content (AvgIpc) is 2.28. The van der Waals surface area contributed by atoms with Crippen LogP contribution in [0.3, 0.4) is 0 Å². The standard InChI is InChI=1S/C14H23NO/c1-5-14(10-16-4)15-12(3)13-8-6-7-11(2)9-13/h6-9,12,14-15H,5,10H2,1-4H3/t12-,14?/m1/s1. The molecule has 1 rings (SSSR count). The van der Waals surface area contributed by atoms with Crippen molar-refractivity contribution in [3.8, 4) is 0 Å². The summed E-state index contributed by atoms with van der Waals surface area (Å²) in [7, 11) is 1.75. The smallest absolute Gasteiger partial charge is 0.0615 e. The summed E-state index contributed by atoms with van der Waals surface area (Å²) in [6, 6.07) is 9.45. The topological polar surface area (TPSA) is 21.3 Å². The SMILES string of the molecule is CCC(COC)N[C@H](C)c1cccc(C)c1. The number of aryl methyl sites for hydroxylation is 1. The van der Waals surface area contributed by atoms with E-state index in [1.807, 2.05) is 0 Å². The van der Waals surface area contributed by atoms with Crippen molar-refractivity contribution in [2.24, 2.45) is 0 Å². The van der Waals surface area contributed by atoms with Crippen molar-refractivity contribution in [1.82, 2.24) is 5.32 Å². The fraction of sp³-hybridized carbons (Fsp3) is 0.571. The summed E-state index contributed by atoms with van der Waals surface area (Å²) < 4.78 is 5.19. The van der Waals surface area contributed by atoms with Crippen LogP contribution in [0.2, 0.25) is 0 Å². The molecule has 1 aromatic carbocycles. The molecular weight excluding hydrogens is 198 g/mol. The Morgan fingerprint density at radius 1 is 1.38 bits per heavy atom. The molecule has 0 heterocycles. The Labute approximate surface area is 99.0 Å². The largest absolute Gasteiger partial charge is 0.383 e. The number of hydrogen-bond acceptors (Lipinski definition) is 2. The second kappa shape index (κ2) is 6.66. The molecule has 0 aliphatic carbocycles. The molecule has 0 aliphatic rings. The molecule has 0 bridgehead atoms. The zero-order chi connectivity index (χ0) is 12.0. The Kier molecular flexibility index (Phi) is 5.50. The quantitative estimate of drug-likeness (QED) is 0.797. The fourth-order valence-electron chi connectivity index (χ4n) is 1.87. The maximum atomic E-state index is 5.19. The van der Waals surface area contributed by atoms with Crippen molar-refractivity contribution >= 4 is 0 Å². The van der Waals surface area contributed by atoms with Gasteiger partial charge in [0.2, 0.25) is 0 Å². The lowest BCUT2D eigenvalue weighted by atomic mass is 10.0. The molecule has 90 valence electrons. The van der Waals surface area contributed by atoms with Gasteiger partial charge in [0.25, 0.3) is 0 Å². The monoisotopic (exact) mass is 221 g/mol. The molecule has 1 unspecified atom stereocenters. The Balaban J connectivity index is 2.60. The summed E-state index contributed by atoms with van der Waals surface area (Å²) in [5.41, 5.74) is 2.65. The summed E-state index contributed by atoms with van der Waals surface area (Å²) in [4.78, 5) is 0. The van der Waals surface area contributed by atoms with Crippen LogP contribution in [0.1, 0.15) is 37.4 Å². The summed E-state index contributed by atoms with van der Waals surface area (Å²) in [5, 5.41) is 3.59. The van der Waals surface area contributed by atoms with Gasteiger partial charge in [-0.05, 0) is 25.8 Å². The van der Waals surface area contributed by atoms with Crippen LogP contribution in [0.25, 0.3) is 0 Å². The van der Waals surface area contributed by atoms with Gasteiger partial charge in [-0.1, -0.05) is 36.8 Å². The number of rotatable bonds is 6. The molecule has 16 heavy (non-hydrogen) atoms. The van der Waals surface area contributed by atoms with Gasteiger partial charge in [-0.25, -0.2) is 0 Å². The summed E-state index contributed by atoms with van der Waals surface area (Å²) >= 11 is 0. The molecule has 0 saturated carbocycles. The molecular formula is C14H23NO. The molecule has 0 radical (unpaired) electrons. The third-order valence-electron chi connectivity index (χ3n) is 2.89. The van der Waals surface area contributed by atoms with E-state index < -0.39 is 0 Å². The van der Waals surface area contributed by atoms with Gasteiger partial charge in [-0.3, -0.25) is 0 Å². The number of methoxy groups -OCH3 is 1. The molecule has 0 amide bonds. The number of ether oxygens (including phenoxy) is 1. The van der Waals surface area contributed by atoms with E-state index in [1.165, 1.54) is 11.1 Å². The van der Waals surface area contributed by atoms with Gasteiger partial charge in [-0.2, -0.15) is 0 Å². The normalized spacial score (nSPS) is 14.8. The number of nitrogens with one attached hydrogen (secondary N) is 1. The van der Waals surface area contributed by atoms with E-state index in [-0.39, 0.29) is 0 Å². The first kappa shape index (κ1) is 13.2. The van der Waals surface area contributed by atoms with E-state index >= 15 is 0 Å². The van der Waals surface area contributed by atoms with Crippen LogP contribution in [0.4, 0.5) is 0 Å². The second-order valence-electron chi connectivity index (χ2n) is 4.36. The van der Waals surface area contributed by atoms with Crippen molar-refractivity contribution in [2.75, 3.05) is 13.7 Å². The maximum absolute atomic E-state index is 5.19. The highest BCUT2D eigenvalue weighted by Gasteiger charge is 2.11.